The molecule has 0 radical (unpaired) electrons. The average molecular weight is 187 g/mol. The second-order valence-electron chi connectivity index (χ2n) is 4.16. The summed E-state index contributed by atoms with van der Waals surface area (Å²) in [5.74, 6) is 2.65. The number of nitrogens with zero attached hydrogens (tertiary/aromatic N) is 1. The fraction of sp³-hybridized carbons (Fsp3) is 1.00. The van der Waals surface area contributed by atoms with Gasteiger partial charge in [-0.2, -0.15) is 11.8 Å². The van der Waals surface area contributed by atoms with Gasteiger partial charge in [0.1, 0.15) is 0 Å². The van der Waals surface area contributed by atoms with Gasteiger partial charge in [-0.3, -0.25) is 4.90 Å². The summed E-state index contributed by atoms with van der Waals surface area (Å²) in [5.41, 5.74) is 0.440. The third-order valence-electron chi connectivity index (χ3n) is 2.73. The van der Waals surface area contributed by atoms with Gasteiger partial charge in [0, 0.05) is 30.1 Å². The molecule has 1 heterocycles. The molecule has 12 heavy (non-hydrogen) atoms. The molecule has 0 spiro atoms. The maximum absolute atomic E-state index is 2.65. The van der Waals surface area contributed by atoms with E-state index in [-0.39, 0.29) is 0 Å². The third kappa shape index (κ3) is 2.67. The third-order valence-corrected chi connectivity index (χ3v) is 3.67. The minimum atomic E-state index is 0.440. The maximum atomic E-state index is 2.65. The number of hydrogen-bond donors (Lipinski definition) is 0. The minimum Gasteiger partial charge on any atom is -0.297 e. The Labute approximate surface area is 80.9 Å². The molecule has 1 rings (SSSR count). The van der Waals surface area contributed by atoms with Gasteiger partial charge in [0.2, 0.25) is 0 Å². The Morgan fingerprint density at radius 3 is 2.33 bits per heavy atom. The number of hydrogen-bond acceptors (Lipinski definition) is 2. The number of thioether (sulfide) groups is 1. The lowest BCUT2D eigenvalue weighted by molar-refractivity contribution is 0.124. The van der Waals surface area contributed by atoms with Gasteiger partial charge in [0.05, 0.1) is 0 Å². The van der Waals surface area contributed by atoms with E-state index in [1.807, 2.05) is 0 Å². The molecule has 0 amide bonds. The molecule has 0 aromatic carbocycles. The first-order valence-corrected chi connectivity index (χ1v) is 6.15. The highest BCUT2D eigenvalue weighted by atomic mass is 32.2. The second-order valence-corrected chi connectivity index (χ2v) is 5.39. The zero-order valence-electron chi connectivity index (χ0n) is 8.60. The van der Waals surface area contributed by atoms with Crippen molar-refractivity contribution in [3.05, 3.63) is 0 Å². The molecule has 1 saturated heterocycles. The molecule has 0 unspecified atom stereocenters. The summed E-state index contributed by atoms with van der Waals surface area (Å²) < 4.78 is 0. The molecule has 0 saturated carbocycles. The van der Waals surface area contributed by atoms with Crippen molar-refractivity contribution in [2.45, 2.75) is 39.2 Å². The van der Waals surface area contributed by atoms with Gasteiger partial charge in [0.25, 0.3) is 0 Å². The highest BCUT2D eigenvalue weighted by Crippen LogP contribution is 2.23. The largest absolute Gasteiger partial charge is 0.297 e. The lowest BCUT2D eigenvalue weighted by atomic mass is 9.96. The Hall–Kier alpha value is 0.310. The van der Waals surface area contributed by atoms with Crippen LogP contribution >= 0.6 is 11.8 Å². The molecule has 1 aliphatic rings. The first-order chi connectivity index (χ1) is 5.67. The molecule has 1 nitrogen and oxygen atoms in total. The Balaban J connectivity index is 2.41. The van der Waals surface area contributed by atoms with Crippen molar-refractivity contribution in [3.63, 3.8) is 0 Å². The van der Waals surface area contributed by atoms with Crippen molar-refractivity contribution in [2.24, 2.45) is 0 Å². The minimum absolute atomic E-state index is 0.440. The van der Waals surface area contributed by atoms with Crippen LogP contribution < -0.4 is 0 Å². The van der Waals surface area contributed by atoms with Gasteiger partial charge < -0.3 is 0 Å². The van der Waals surface area contributed by atoms with Crippen molar-refractivity contribution < 1.29 is 0 Å². The predicted molar refractivity (Wildman–Crippen MR) is 57.9 cm³/mol. The highest BCUT2D eigenvalue weighted by molar-refractivity contribution is 7.99. The van der Waals surface area contributed by atoms with Crippen LogP contribution in [0.3, 0.4) is 0 Å². The molecule has 0 aromatic heterocycles. The first-order valence-electron chi connectivity index (χ1n) is 4.99. The van der Waals surface area contributed by atoms with Gasteiger partial charge in [-0.1, -0.05) is 13.3 Å². The van der Waals surface area contributed by atoms with Crippen LogP contribution in [0.5, 0.6) is 0 Å². The SMILES string of the molecule is CCCC(C)(C)N1CCSCC1. The smallest absolute Gasteiger partial charge is 0.0153 e. The topological polar surface area (TPSA) is 3.24 Å². The molecule has 0 bridgehead atoms. The Morgan fingerprint density at radius 1 is 1.25 bits per heavy atom. The molecule has 0 N–H and O–H groups in total. The normalized spacial score (nSPS) is 21.2. The molecule has 0 atom stereocenters. The molecule has 2 heteroatoms. The van der Waals surface area contributed by atoms with Crippen LogP contribution in [0.25, 0.3) is 0 Å². The van der Waals surface area contributed by atoms with E-state index < -0.39 is 0 Å². The fourth-order valence-corrected chi connectivity index (χ4v) is 2.84. The molecular formula is C10H21NS. The van der Waals surface area contributed by atoms with Crippen LogP contribution in [0.1, 0.15) is 33.6 Å². The van der Waals surface area contributed by atoms with Crippen molar-refractivity contribution in [2.75, 3.05) is 24.6 Å². The average Bonchev–Trinajstić information content (AvgIpc) is 2.06. The zero-order valence-corrected chi connectivity index (χ0v) is 9.41. The molecule has 1 aliphatic heterocycles. The van der Waals surface area contributed by atoms with Crippen LogP contribution in [-0.2, 0) is 0 Å². The highest BCUT2D eigenvalue weighted by Gasteiger charge is 2.26. The summed E-state index contributed by atoms with van der Waals surface area (Å²) in [6.45, 7) is 9.62. The summed E-state index contributed by atoms with van der Waals surface area (Å²) in [4.78, 5) is 2.65. The van der Waals surface area contributed by atoms with Gasteiger partial charge in [-0.25, -0.2) is 0 Å². The van der Waals surface area contributed by atoms with E-state index in [2.05, 4.69) is 37.4 Å². The van der Waals surface area contributed by atoms with Crippen LogP contribution in [0.2, 0.25) is 0 Å². The van der Waals surface area contributed by atoms with E-state index >= 15 is 0 Å². The zero-order chi connectivity index (χ0) is 9.03. The van der Waals surface area contributed by atoms with Crippen molar-refractivity contribution in [1.29, 1.82) is 0 Å². The lowest BCUT2D eigenvalue weighted by Gasteiger charge is -2.40. The van der Waals surface area contributed by atoms with Crippen molar-refractivity contribution in [1.82, 2.24) is 4.90 Å². The summed E-state index contributed by atoms with van der Waals surface area (Å²) >= 11 is 2.09. The molecule has 0 aliphatic carbocycles. The standard InChI is InChI=1S/C10H21NS/c1-4-5-10(2,3)11-6-8-12-9-7-11/h4-9H2,1-3H3. The van der Waals surface area contributed by atoms with E-state index in [4.69, 9.17) is 0 Å². The lowest BCUT2D eigenvalue weighted by Crippen LogP contribution is -2.48. The predicted octanol–water partition coefficient (Wildman–Crippen LogP) is 2.61. The van der Waals surface area contributed by atoms with E-state index in [0.29, 0.717) is 5.54 Å². The monoisotopic (exact) mass is 187 g/mol. The van der Waals surface area contributed by atoms with E-state index in [1.165, 1.54) is 37.4 Å². The van der Waals surface area contributed by atoms with Gasteiger partial charge in [-0.05, 0) is 20.3 Å². The van der Waals surface area contributed by atoms with E-state index in [0.717, 1.165) is 0 Å². The first kappa shape index (κ1) is 10.4. The van der Waals surface area contributed by atoms with Crippen LogP contribution in [-0.4, -0.2) is 35.0 Å². The molecule has 1 fully saturated rings. The van der Waals surface area contributed by atoms with E-state index in [1.54, 1.807) is 0 Å². The van der Waals surface area contributed by atoms with Crippen LogP contribution in [0.15, 0.2) is 0 Å². The Morgan fingerprint density at radius 2 is 1.83 bits per heavy atom. The van der Waals surface area contributed by atoms with E-state index in [9.17, 15) is 0 Å². The quantitative estimate of drug-likeness (QED) is 0.668. The fourth-order valence-electron chi connectivity index (χ4n) is 1.94. The van der Waals surface area contributed by atoms with Gasteiger partial charge in [-0.15, -0.1) is 0 Å². The summed E-state index contributed by atoms with van der Waals surface area (Å²) in [6, 6.07) is 0. The maximum Gasteiger partial charge on any atom is 0.0153 e. The van der Waals surface area contributed by atoms with Crippen LogP contribution in [0.4, 0.5) is 0 Å². The molecule has 72 valence electrons. The van der Waals surface area contributed by atoms with Crippen molar-refractivity contribution >= 4 is 11.8 Å². The molecular weight excluding hydrogens is 166 g/mol. The summed E-state index contributed by atoms with van der Waals surface area (Å²) in [7, 11) is 0. The Kier molecular flexibility index (Phi) is 3.91. The summed E-state index contributed by atoms with van der Waals surface area (Å²) in [6.07, 6.45) is 2.63. The number of rotatable bonds is 3. The van der Waals surface area contributed by atoms with Crippen molar-refractivity contribution in [3.8, 4) is 0 Å². The Bertz CT molecular complexity index is 128. The van der Waals surface area contributed by atoms with Gasteiger partial charge in [0.15, 0.2) is 0 Å². The van der Waals surface area contributed by atoms with Gasteiger partial charge >= 0.3 is 0 Å². The second kappa shape index (κ2) is 4.52. The summed E-state index contributed by atoms with van der Waals surface area (Å²) in [5, 5.41) is 0. The van der Waals surface area contributed by atoms with Crippen LogP contribution in [0, 0.1) is 0 Å². The molecule has 0 aromatic rings.